The van der Waals surface area contributed by atoms with Crippen LogP contribution in [0.25, 0.3) is 10.9 Å². The lowest BCUT2D eigenvalue weighted by Gasteiger charge is -2.15. The van der Waals surface area contributed by atoms with Gasteiger partial charge in [-0.1, -0.05) is 6.92 Å². The van der Waals surface area contributed by atoms with Crippen LogP contribution in [-0.4, -0.2) is 28.0 Å². The minimum Gasteiger partial charge on any atom is -0.294 e. The van der Waals surface area contributed by atoms with E-state index >= 15 is 0 Å². The van der Waals surface area contributed by atoms with Crippen molar-refractivity contribution in [1.82, 2.24) is 10.2 Å². The second-order valence-electron chi connectivity index (χ2n) is 6.11. The Morgan fingerprint density at radius 2 is 2.04 bits per heavy atom. The van der Waals surface area contributed by atoms with E-state index in [9.17, 15) is 9.59 Å². The molecule has 0 saturated carbocycles. The van der Waals surface area contributed by atoms with Gasteiger partial charge in [-0.05, 0) is 43.0 Å². The largest absolute Gasteiger partial charge is 0.294 e. The summed E-state index contributed by atoms with van der Waals surface area (Å²) in [4.78, 5) is 28.8. The molecule has 0 unspecified atom stereocenters. The number of allylic oxidation sites excluding steroid dienone is 2. The molecule has 5 nitrogen and oxygen atoms in total. The highest BCUT2D eigenvalue weighted by Gasteiger charge is 2.18. The first-order chi connectivity index (χ1) is 11.0. The molecule has 0 spiro atoms. The van der Waals surface area contributed by atoms with Crippen LogP contribution in [0, 0.1) is 5.92 Å². The highest BCUT2D eigenvalue weighted by atomic mass is 16.1. The fourth-order valence-corrected chi connectivity index (χ4v) is 2.86. The highest BCUT2D eigenvalue weighted by molar-refractivity contribution is 6.04. The van der Waals surface area contributed by atoms with Gasteiger partial charge in [-0.2, -0.15) is 5.10 Å². The third-order valence-corrected chi connectivity index (χ3v) is 4.10. The Kier molecular flexibility index (Phi) is 4.19. The molecule has 0 radical (unpaired) electrons. The van der Waals surface area contributed by atoms with Gasteiger partial charge in [0.15, 0.2) is 11.6 Å². The minimum absolute atomic E-state index is 0.0344. The summed E-state index contributed by atoms with van der Waals surface area (Å²) >= 11 is 0. The lowest BCUT2D eigenvalue weighted by molar-refractivity contribution is -0.115. The van der Waals surface area contributed by atoms with E-state index in [1.165, 1.54) is 0 Å². The predicted molar refractivity (Wildman–Crippen MR) is 89.6 cm³/mol. The molecule has 1 aliphatic heterocycles. The average Bonchev–Trinajstić information content (AvgIpc) is 2.99. The molecule has 1 atom stereocenters. The fourth-order valence-electron chi connectivity index (χ4n) is 2.86. The summed E-state index contributed by atoms with van der Waals surface area (Å²) in [5.41, 5.74) is 3.04. The van der Waals surface area contributed by atoms with Gasteiger partial charge in [-0.15, -0.1) is 0 Å². The molecular formula is C18H19N3O2. The van der Waals surface area contributed by atoms with Gasteiger partial charge in [-0.3, -0.25) is 19.7 Å². The Morgan fingerprint density at radius 1 is 1.26 bits per heavy atom. The van der Waals surface area contributed by atoms with E-state index in [-0.39, 0.29) is 24.4 Å². The normalized spacial score (nSPS) is 17.7. The molecule has 0 saturated heterocycles. The Hall–Kier alpha value is -2.56. The van der Waals surface area contributed by atoms with Gasteiger partial charge < -0.3 is 0 Å². The Balaban J connectivity index is 1.65. The minimum atomic E-state index is -0.0524. The number of benzene rings is 1. The average molecular weight is 309 g/mol. The molecule has 0 fully saturated rings. The van der Waals surface area contributed by atoms with Crippen LogP contribution in [0.1, 0.15) is 43.5 Å². The number of aliphatic imine (C=N–C) groups is 1. The summed E-state index contributed by atoms with van der Waals surface area (Å²) in [6.07, 6.45) is 4.75. The van der Waals surface area contributed by atoms with Crippen molar-refractivity contribution in [3.63, 3.8) is 0 Å². The van der Waals surface area contributed by atoms with Crippen LogP contribution in [-0.2, 0) is 4.79 Å². The summed E-state index contributed by atoms with van der Waals surface area (Å²) in [7, 11) is 0. The number of carbonyl (C=O) groups is 2. The standard InChI is InChI=1S/C18H19N3O2/c1-11-7-12(2)18(19-9-11)17(23)6-5-16(22)13-3-4-15-14(8-13)10-20-21-15/h3-4,8-11H,5-7H2,1-2H3,(H,20,21)/t11-/m1/s1. The third kappa shape index (κ3) is 3.28. The Morgan fingerprint density at radius 3 is 2.83 bits per heavy atom. The molecule has 2 aromatic rings. The number of aromatic nitrogens is 2. The zero-order valence-electron chi connectivity index (χ0n) is 13.3. The SMILES string of the molecule is CC1=C(C(=O)CCC(=O)c2ccc3[nH]ncc3c2)N=C[C@H](C)C1. The quantitative estimate of drug-likeness (QED) is 0.859. The van der Waals surface area contributed by atoms with Crippen molar-refractivity contribution in [2.75, 3.05) is 0 Å². The van der Waals surface area contributed by atoms with E-state index in [1.54, 1.807) is 18.3 Å². The number of hydrogen-bond acceptors (Lipinski definition) is 4. The van der Waals surface area contributed by atoms with Crippen LogP contribution in [0.5, 0.6) is 0 Å². The maximum absolute atomic E-state index is 12.3. The number of aromatic amines is 1. The molecule has 23 heavy (non-hydrogen) atoms. The van der Waals surface area contributed by atoms with E-state index in [2.05, 4.69) is 22.1 Å². The molecule has 1 aromatic carbocycles. The van der Waals surface area contributed by atoms with Gasteiger partial charge in [0.05, 0.1) is 11.7 Å². The number of fused-ring (bicyclic) bond motifs is 1. The molecule has 5 heteroatoms. The van der Waals surface area contributed by atoms with Crippen molar-refractivity contribution < 1.29 is 9.59 Å². The molecular weight excluding hydrogens is 290 g/mol. The van der Waals surface area contributed by atoms with Gasteiger partial charge in [0.2, 0.25) is 0 Å². The van der Waals surface area contributed by atoms with Gasteiger partial charge in [-0.25, -0.2) is 0 Å². The Labute approximate surface area is 134 Å². The first-order valence-corrected chi connectivity index (χ1v) is 7.78. The molecule has 0 bridgehead atoms. The second kappa shape index (κ2) is 6.28. The van der Waals surface area contributed by atoms with Crippen molar-refractivity contribution in [2.45, 2.75) is 33.1 Å². The van der Waals surface area contributed by atoms with Crippen LogP contribution in [0.2, 0.25) is 0 Å². The van der Waals surface area contributed by atoms with Crippen LogP contribution in [0.3, 0.4) is 0 Å². The molecule has 1 aliphatic rings. The zero-order chi connectivity index (χ0) is 16.4. The predicted octanol–water partition coefficient (Wildman–Crippen LogP) is 3.48. The summed E-state index contributed by atoms with van der Waals surface area (Å²) < 4.78 is 0. The number of nitrogens with zero attached hydrogens (tertiary/aromatic N) is 2. The first kappa shape index (κ1) is 15.3. The van der Waals surface area contributed by atoms with Gasteiger partial charge >= 0.3 is 0 Å². The van der Waals surface area contributed by atoms with E-state index in [0.29, 0.717) is 17.2 Å². The number of ketones is 2. The molecule has 0 aliphatic carbocycles. The van der Waals surface area contributed by atoms with Crippen molar-refractivity contribution in [1.29, 1.82) is 0 Å². The monoisotopic (exact) mass is 309 g/mol. The second-order valence-corrected chi connectivity index (χ2v) is 6.11. The number of hydrogen-bond donors (Lipinski definition) is 1. The topological polar surface area (TPSA) is 75.2 Å². The van der Waals surface area contributed by atoms with E-state index in [1.807, 2.05) is 19.2 Å². The summed E-state index contributed by atoms with van der Waals surface area (Å²) in [5, 5.41) is 7.68. The van der Waals surface area contributed by atoms with Crippen LogP contribution in [0.15, 0.2) is 40.7 Å². The molecule has 3 rings (SSSR count). The van der Waals surface area contributed by atoms with Gasteiger partial charge in [0.1, 0.15) is 5.70 Å². The van der Waals surface area contributed by atoms with Crippen molar-refractivity contribution in [3.8, 4) is 0 Å². The summed E-state index contributed by atoms with van der Waals surface area (Å²) in [6, 6.07) is 5.39. The van der Waals surface area contributed by atoms with Crippen molar-refractivity contribution >= 4 is 28.7 Å². The lowest BCUT2D eigenvalue weighted by atomic mass is 9.95. The van der Waals surface area contributed by atoms with Crippen LogP contribution < -0.4 is 0 Å². The summed E-state index contributed by atoms with van der Waals surface area (Å²) in [6.45, 7) is 4.01. The molecule has 118 valence electrons. The van der Waals surface area contributed by atoms with Crippen LogP contribution in [0.4, 0.5) is 0 Å². The zero-order valence-corrected chi connectivity index (χ0v) is 13.3. The van der Waals surface area contributed by atoms with Crippen molar-refractivity contribution in [2.24, 2.45) is 10.9 Å². The summed E-state index contributed by atoms with van der Waals surface area (Å²) in [5.74, 6) is 0.283. The third-order valence-electron chi connectivity index (χ3n) is 4.10. The molecule has 1 aromatic heterocycles. The number of rotatable bonds is 5. The fraction of sp³-hybridized carbons (Fsp3) is 0.333. The Bertz CT molecular complexity index is 830. The molecule has 2 heterocycles. The van der Waals surface area contributed by atoms with E-state index in [0.717, 1.165) is 22.9 Å². The van der Waals surface area contributed by atoms with E-state index in [4.69, 9.17) is 0 Å². The first-order valence-electron chi connectivity index (χ1n) is 7.78. The maximum atomic E-state index is 12.3. The maximum Gasteiger partial charge on any atom is 0.181 e. The number of Topliss-reactive ketones (excluding diaryl/α,β-unsaturated/α-hetero) is 2. The van der Waals surface area contributed by atoms with E-state index < -0.39 is 0 Å². The van der Waals surface area contributed by atoms with Gasteiger partial charge in [0, 0.05) is 30.0 Å². The lowest BCUT2D eigenvalue weighted by Crippen LogP contribution is -2.13. The number of carbonyl (C=O) groups excluding carboxylic acids is 2. The van der Waals surface area contributed by atoms with Gasteiger partial charge in [0.25, 0.3) is 0 Å². The molecule has 0 amide bonds. The van der Waals surface area contributed by atoms with Crippen LogP contribution >= 0.6 is 0 Å². The highest BCUT2D eigenvalue weighted by Crippen LogP contribution is 2.22. The number of nitrogens with one attached hydrogen (secondary N) is 1. The smallest absolute Gasteiger partial charge is 0.181 e. The number of H-pyrrole nitrogens is 1. The molecule has 1 N–H and O–H groups in total. The van der Waals surface area contributed by atoms with Crippen molar-refractivity contribution in [3.05, 3.63) is 41.2 Å².